The molecule has 1 heterocycles. The zero-order chi connectivity index (χ0) is 15.7. The number of hydrogen-bond acceptors (Lipinski definition) is 4. The quantitative estimate of drug-likeness (QED) is 0.665. The van der Waals surface area contributed by atoms with Crippen molar-refractivity contribution in [3.63, 3.8) is 0 Å². The summed E-state index contributed by atoms with van der Waals surface area (Å²) in [5.41, 5.74) is 0. The van der Waals surface area contributed by atoms with Gasteiger partial charge in [-0.05, 0) is 57.7 Å². The van der Waals surface area contributed by atoms with Gasteiger partial charge in [-0.15, -0.1) is 0 Å². The average Bonchev–Trinajstić information content (AvgIpc) is 2.45. The van der Waals surface area contributed by atoms with Crippen LogP contribution in [0.4, 0.5) is 0 Å². The molecule has 1 fully saturated rings. The van der Waals surface area contributed by atoms with E-state index in [0.29, 0.717) is 18.4 Å². The molecule has 2 atom stereocenters. The number of carbonyl (C=O) groups is 1. The average molecular weight is 298 g/mol. The summed E-state index contributed by atoms with van der Waals surface area (Å²) < 4.78 is 5.26. The molecular weight excluding hydrogens is 264 g/mol. The van der Waals surface area contributed by atoms with E-state index < -0.39 is 0 Å². The number of rotatable bonds is 9. The first kappa shape index (κ1) is 18.4. The molecule has 0 bridgehead atoms. The third-order valence-electron chi connectivity index (χ3n) is 4.10. The second-order valence-corrected chi connectivity index (χ2v) is 6.61. The third-order valence-corrected chi connectivity index (χ3v) is 4.10. The van der Waals surface area contributed by atoms with Gasteiger partial charge in [0.15, 0.2) is 0 Å². The van der Waals surface area contributed by atoms with Gasteiger partial charge in [0.25, 0.3) is 0 Å². The Morgan fingerprint density at radius 2 is 2.14 bits per heavy atom. The lowest BCUT2D eigenvalue weighted by molar-refractivity contribution is -0.150. The first-order chi connectivity index (χ1) is 10.1. The van der Waals surface area contributed by atoms with Crippen LogP contribution in [0.3, 0.4) is 0 Å². The molecule has 2 unspecified atom stereocenters. The van der Waals surface area contributed by atoms with Crippen molar-refractivity contribution in [2.75, 3.05) is 32.8 Å². The van der Waals surface area contributed by atoms with E-state index in [1.54, 1.807) is 0 Å². The molecule has 1 N–H and O–H groups in total. The summed E-state index contributed by atoms with van der Waals surface area (Å²) in [6.07, 6.45) is 4.39. The Labute approximate surface area is 130 Å². The normalized spacial score (nSPS) is 21.5. The van der Waals surface area contributed by atoms with Gasteiger partial charge in [-0.2, -0.15) is 0 Å². The van der Waals surface area contributed by atoms with Crippen LogP contribution < -0.4 is 5.32 Å². The number of ether oxygens (including phenoxy) is 1. The zero-order valence-electron chi connectivity index (χ0n) is 14.4. The van der Waals surface area contributed by atoms with Crippen molar-refractivity contribution in [1.82, 2.24) is 10.2 Å². The zero-order valence-corrected chi connectivity index (χ0v) is 14.4. The maximum absolute atomic E-state index is 12.2. The molecule has 21 heavy (non-hydrogen) atoms. The van der Waals surface area contributed by atoms with Gasteiger partial charge < -0.3 is 10.1 Å². The lowest BCUT2D eigenvalue weighted by atomic mass is 9.95. The fraction of sp³-hybridized carbons (Fsp3) is 0.941. The molecule has 1 rings (SSSR count). The fourth-order valence-electron chi connectivity index (χ4n) is 3.08. The second kappa shape index (κ2) is 10.2. The van der Waals surface area contributed by atoms with Crippen LogP contribution in [0.15, 0.2) is 0 Å². The van der Waals surface area contributed by atoms with Gasteiger partial charge in [-0.25, -0.2) is 0 Å². The lowest BCUT2D eigenvalue weighted by Crippen LogP contribution is -2.49. The molecule has 0 saturated carbocycles. The van der Waals surface area contributed by atoms with E-state index in [1.807, 2.05) is 6.92 Å². The topological polar surface area (TPSA) is 41.6 Å². The lowest BCUT2D eigenvalue weighted by Gasteiger charge is -2.37. The van der Waals surface area contributed by atoms with Crippen LogP contribution in [0.25, 0.3) is 0 Å². The number of esters is 1. The van der Waals surface area contributed by atoms with Gasteiger partial charge in [0.1, 0.15) is 6.04 Å². The van der Waals surface area contributed by atoms with Gasteiger partial charge in [-0.1, -0.05) is 27.2 Å². The van der Waals surface area contributed by atoms with Gasteiger partial charge in [0, 0.05) is 6.54 Å². The molecule has 1 saturated heterocycles. The van der Waals surface area contributed by atoms with E-state index in [0.717, 1.165) is 39.0 Å². The van der Waals surface area contributed by atoms with E-state index in [1.165, 1.54) is 12.8 Å². The largest absolute Gasteiger partial charge is 0.465 e. The number of piperidine rings is 1. The van der Waals surface area contributed by atoms with Crippen molar-refractivity contribution >= 4 is 5.97 Å². The fourth-order valence-corrected chi connectivity index (χ4v) is 3.08. The monoisotopic (exact) mass is 298 g/mol. The van der Waals surface area contributed by atoms with Crippen molar-refractivity contribution < 1.29 is 9.53 Å². The van der Waals surface area contributed by atoms with Gasteiger partial charge >= 0.3 is 5.97 Å². The Hall–Kier alpha value is -0.610. The first-order valence-corrected chi connectivity index (χ1v) is 8.69. The van der Waals surface area contributed by atoms with Crippen LogP contribution in [0.5, 0.6) is 0 Å². The van der Waals surface area contributed by atoms with Crippen molar-refractivity contribution in [3.8, 4) is 0 Å². The Morgan fingerprint density at radius 1 is 1.38 bits per heavy atom. The molecule has 4 nitrogen and oxygen atoms in total. The van der Waals surface area contributed by atoms with Crippen molar-refractivity contribution in [2.24, 2.45) is 11.8 Å². The van der Waals surface area contributed by atoms with E-state index in [2.05, 4.69) is 31.0 Å². The van der Waals surface area contributed by atoms with Gasteiger partial charge in [0.2, 0.25) is 0 Å². The summed E-state index contributed by atoms with van der Waals surface area (Å²) in [5.74, 6) is 1.32. The minimum atomic E-state index is -0.0390. The summed E-state index contributed by atoms with van der Waals surface area (Å²) >= 11 is 0. The summed E-state index contributed by atoms with van der Waals surface area (Å²) in [5, 5.41) is 3.56. The van der Waals surface area contributed by atoms with E-state index in [9.17, 15) is 4.79 Å². The first-order valence-electron chi connectivity index (χ1n) is 8.69. The predicted molar refractivity (Wildman–Crippen MR) is 87.3 cm³/mol. The molecular formula is C17H34N2O2. The number of nitrogens with one attached hydrogen (secondary N) is 1. The molecule has 124 valence electrons. The minimum Gasteiger partial charge on any atom is -0.465 e. The molecule has 1 aliphatic heterocycles. The van der Waals surface area contributed by atoms with Crippen molar-refractivity contribution in [2.45, 2.75) is 59.4 Å². The van der Waals surface area contributed by atoms with E-state index in [4.69, 9.17) is 4.74 Å². The van der Waals surface area contributed by atoms with E-state index in [-0.39, 0.29) is 12.0 Å². The summed E-state index contributed by atoms with van der Waals surface area (Å²) in [6, 6.07) is -0.0390. The molecule has 0 spiro atoms. The highest BCUT2D eigenvalue weighted by molar-refractivity contribution is 5.75. The Balaban J connectivity index is 2.49. The smallest absolute Gasteiger partial charge is 0.323 e. The van der Waals surface area contributed by atoms with Crippen LogP contribution in [0.2, 0.25) is 0 Å². The predicted octanol–water partition coefficient (Wildman–Crippen LogP) is 2.68. The number of likely N-dealkylation sites (tertiary alicyclic amines) is 1. The standard InChI is InChI=1S/C17H34N2O2/c1-5-8-16(17(20)21-6-2)19-10-7-9-15(13-19)12-18-11-14(3)4/h14-16,18H,5-13H2,1-4H3. The Morgan fingerprint density at radius 3 is 2.76 bits per heavy atom. The molecule has 0 aromatic heterocycles. The minimum absolute atomic E-state index is 0.0323. The Bertz CT molecular complexity index is 295. The Kier molecular flexibility index (Phi) is 8.93. The van der Waals surface area contributed by atoms with Crippen LogP contribution in [0, 0.1) is 11.8 Å². The second-order valence-electron chi connectivity index (χ2n) is 6.61. The van der Waals surface area contributed by atoms with E-state index >= 15 is 0 Å². The van der Waals surface area contributed by atoms with Crippen molar-refractivity contribution in [3.05, 3.63) is 0 Å². The molecule has 0 aromatic rings. The van der Waals surface area contributed by atoms with Gasteiger partial charge in [0.05, 0.1) is 6.61 Å². The molecule has 0 aliphatic carbocycles. The summed E-state index contributed by atoms with van der Waals surface area (Å²) in [4.78, 5) is 14.5. The molecule has 0 aromatic carbocycles. The molecule has 0 radical (unpaired) electrons. The summed E-state index contributed by atoms with van der Waals surface area (Å²) in [6.45, 7) is 13.2. The maximum atomic E-state index is 12.2. The molecule has 1 aliphatic rings. The summed E-state index contributed by atoms with van der Waals surface area (Å²) in [7, 11) is 0. The SMILES string of the molecule is CCCC(C(=O)OCC)N1CCCC(CNCC(C)C)C1. The number of hydrogen-bond donors (Lipinski definition) is 1. The highest BCUT2D eigenvalue weighted by Crippen LogP contribution is 2.21. The molecule has 0 amide bonds. The number of nitrogens with zero attached hydrogens (tertiary/aromatic N) is 1. The van der Waals surface area contributed by atoms with Gasteiger partial charge in [-0.3, -0.25) is 9.69 Å². The maximum Gasteiger partial charge on any atom is 0.323 e. The third kappa shape index (κ3) is 6.79. The number of carbonyl (C=O) groups excluding carboxylic acids is 1. The highest BCUT2D eigenvalue weighted by Gasteiger charge is 2.30. The van der Waals surface area contributed by atoms with Crippen molar-refractivity contribution in [1.29, 1.82) is 0 Å². The van der Waals surface area contributed by atoms with Crippen LogP contribution in [-0.4, -0.2) is 49.7 Å². The molecule has 4 heteroatoms. The van der Waals surface area contributed by atoms with Crippen LogP contribution in [-0.2, 0) is 9.53 Å². The highest BCUT2D eigenvalue weighted by atomic mass is 16.5. The van der Waals surface area contributed by atoms with Crippen LogP contribution >= 0.6 is 0 Å². The van der Waals surface area contributed by atoms with Crippen LogP contribution in [0.1, 0.15) is 53.4 Å².